The monoisotopic (exact) mass is 287 g/mol. The van der Waals surface area contributed by atoms with Gasteiger partial charge in [0.1, 0.15) is 5.82 Å². The van der Waals surface area contributed by atoms with Crippen LogP contribution in [0.1, 0.15) is 6.92 Å². The lowest BCUT2D eigenvalue weighted by atomic mass is 10.3. The van der Waals surface area contributed by atoms with Crippen LogP contribution in [0.15, 0.2) is 35.0 Å². The van der Waals surface area contributed by atoms with E-state index in [1.165, 1.54) is 24.5 Å². The molecule has 3 nitrogen and oxygen atoms in total. The number of halogens is 2. The molecule has 16 heavy (non-hydrogen) atoms. The molecule has 0 saturated carbocycles. The molecule has 0 fully saturated rings. The quantitative estimate of drug-likeness (QED) is 0.683. The predicted octanol–water partition coefficient (Wildman–Crippen LogP) is 3.08. The number of nitrogens with one attached hydrogen (secondary N) is 1. The van der Waals surface area contributed by atoms with Gasteiger partial charge in [-0.2, -0.15) is 0 Å². The van der Waals surface area contributed by atoms with Crippen molar-refractivity contribution in [3.8, 4) is 0 Å². The molecule has 1 aromatic carbocycles. The first-order chi connectivity index (χ1) is 7.63. The van der Waals surface area contributed by atoms with Crippen LogP contribution >= 0.6 is 15.9 Å². The Kier molecular flexibility index (Phi) is 4.98. The van der Waals surface area contributed by atoms with Gasteiger partial charge in [-0.15, -0.1) is 0 Å². The molecule has 0 aliphatic carbocycles. The Bertz CT molecular complexity index is 407. The summed E-state index contributed by atoms with van der Waals surface area (Å²) in [5.41, 5.74) is 0.395. The van der Waals surface area contributed by atoms with Crippen LogP contribution in [-0.4, -0.2) is 12.5 Å². The average molecular weight is 288 g/mol. The summed E-state index contributed by atoms with van der Waals surface area (Å²) in [5, 5.41) is 2.50. The largest absolute Gasteiger partial charge is 0.501 e. The number of anilines is 1. The van der Waals surface area contributed by atoms with Crippen molar-refractivity contribution in [1.29, 1.82) is 0 Å². The minimum absolute atomic E-state index is 0.357. The van der Waals surface area contributed by atoms with E-state index in [1.807, 2.05) is 6.92 Å². The van der Waals surface area contributed by atoms with Crippen molar-refractivity contribution in [2.75, 3.05) is 11.9 Å². The summed E-state index contributed by atoms with van der Waals surface area (Å²) in [5.74, 6) is -0.790. The van der Waals surface area contributed by atoms with Crippen molar-refractivity contribution in [2.24, 2.45) is 0 Å². The maximum Gasteiger partial charge on any atom is 0.251 e. The fourth-order valence-electron chi connectivity index (χ4n) is 0.964. The van der Waals surface area contributed by atoms with Crippen LogP contribution in [0.25, 0.3) is 0 Å². The van der Waals surface area contributed by atoms with Gasteiger partial charge in [-0.25, -0.2) is 4.39 Å². The first-order valence-corrected chi connectivity index (χ1v) is 5.47. The highest BCUT2D eigenvalue weighted by Gasteiger charge is 2.02. The molecule has 0 bridgehead atoms. The smallest absolute Gasteiger partial charge is 0.251 e. The van der Waals surface area contributed by atoms with E-state index in [9.17, 15) is 9.18 Å². The molecule has 1 amide bonds. The van der Waals surface area contributed by atoms with E-state index in [0.29, 0.717) is 16.8 Å². The van der Waals surface area contributed by atoms with Crippen LogP contribution in [0.4, 0.5) is 10.1 Å². The van der Waals surface area contributed by atoms with Crippen LogP contribution in [0.3, 0.4) is 0 Å². The lowest BCUT2D eigenvalue weighted by molar-refractivity contribution is -0.112. The molecular formula is C11H11BrFNO2. The first-order valence-electron chi connectivity index (χ1n) is 4.67. The van der Waals surface area contributed by atoms with Gasteiger partial charge < -0.3 is 10.1 Å². The molecule has 0 aromatic heterocycles. The molecule has 0 saturated heterocycles. The van der Waals surface area contributed by atoms with Crippen molar-refractivity contribution in [3.63, 3.8) is 0 Å². The molecule has 1 aromatic rings. The van der Waals surface area contributed by atoms with Gasteiger partial charge >= 0.3 is 0 Å². The average Bonchev–Trinajstić information content (AvgIpc) is 2.24. The van der Waals surface area contributed by atoms with E-state index in [2.05, 4.69) is 21.2 Å². The second-order valence-corrected chi connectivity index (χ2v) is 3.73. The maximum atomic E-state index is 13.1. The van der Waals surface area contributed by atoms with Gasteiger partial charge in [0.25, 0.3) is 5.91 Å². The van der Waals surface area contributed by atoms with Gasteiger partial charge in [-0.3, -0.25) is 4.79 Å². The van der Waals surface area contributed by atoms with E-state index in [4.69, 9.17) is 4.74 Å². The Morgan fingerprint density at radius 2 is 2.38 bits per heavy atom. The summed E-state index contributed by atoms with van der Waals surface area (Å²) in [4.78, 5) is 11.3. The van der Waals surface area contributed by atoms with E-state index in [1.54, 1.807) is 6.07 Å². The lowest BCUT2D eigenvalue weighted by Gasteiger charge is -2.02. The highest BCUT2D eigenvalue weighted by Crippen LogP contribution is 2.19. The number of hydrogen-bond donors (Lipinski definition) is 1. The highest BCUT2D eigenvalue weighted by atomic mass is 79.9. The van der Waals surface area contributed by atoms with Crippen molar-refractivity contribution < 1.29 is 13.9 Å². The number of amides is 1. The molecule has 86 valence electrons. The van der Waals surface area contributed by atoms with Crippen LogP contribution in [0.5, 0.6) is 0 Å². The number of ether oxygens (including phenoxy) is 1. The zero-order valence-electron chi connectivity index (χ0n) is 8.67. The Labute approximate surface area is 101 Å². The SMILES string of the molecule is CCO/C=C/C(=O)Nc1ccc(Br)c(F)c1. The second-order valence-electron chi connectivity index (χ2n) is 2.88. The molecule has 0 unspecified atom stereocenters. The number of carbonyl (C=O) groups is 1. The second kappa shape index (κ2) is 6.27. The van der Waals surface area contributed by atoms with Crippen LogP contribution in [-0.2, 0) is 9.53 Å². The van der Waals surface area contributed by atoms with E-state index in [0.717, 1.165) is 0 Å². The third kappa shape index (κ3) is 4.02. The molecule has 0 atom stereocenters. The zero-order valence-corrected chi connectivity index (χ0v) is 10.3. The normalized spacial score (nSPS) is 10.4. The number of carbonyl (C=O) groups excluding carboxylic acids is 1. The van der Waals surface area contributed by atoms with Crippen molar-refractivity contribution in [3.05, 3.63) is 40.8 Å². The van der Waals surface area contributed by atoms with Crippen molar-refractivity contribution in [2.45, 2.75) is 6.92 Å². The summed E-state index contributed by atoms with van der Waals surface area (Å²) in [6.45, 7) is 2.31. The highest BCUT2D eigenvalue weighted by molar-refractivity contribution is 9.10. The fraction of sp³-hybridized carbons (Fsp3) is 0.182. The fourth-order valence-corrected chi connectivity index (χ4v) is 1.21. The standard InChI is InChI=1S/C11H11BrFNO2/c1-2-16-6-5-11(15)14-8-3-4-9(12)10(13)7-8/h3-7H,2H2,1H3,(H,14,15)/b6-5+. The first kappa shape index (κ1) is 12.7. The summed E-state index contributed by atoms with van der Waals surface area (Å²) in [7, 11) is 0. The summed E-state index contributed by atoms with van der Waals surface area (Å²) in [6, 6.07) is 4.35. The summed E-state index contributed by atoms with van der Waals surface area (Å²) in [6.07, 6.45) is 2.54. The van der Waals surface area contributed by atoms with E-state index < -0.39 is 5.82 Å². The third-order valence-corrected chi connectivity index (χ3v) is 2.31. The third-order valence-electron chi connectivity index (χ3n) is 1.67. The van der Waals surface area contributed by atoms with Gasteiger partial charge in [-0.05, 0) is 41.1 Å². The van der Waals surface area contributed by atoms with Crippen LogP contribution in [0, 0.1) is 5.82 Å². The number of benzene rings is 1. The van der Waals surface area contributed by atoms with Crippen molar-refractivity contribution in [1.82, 2.24) is 0 Å². The minimum atomic E-state index is -0.424. The minimum Gasteiger partial charge on any atom is -0.501 e. The summed E-state index contributed by atoms with van der Waals surface area (Å²) < 4.78 is 18.3. The van der Waals surface area contributed by atoms with Crippen molar-refractivity contribution >= 4 is 27.5 Å². The molecule has 0 radical (unpaired) electrons. The Balaban J connectivity index is 2.59. The maximum absolute atomic E-state index is 13.1. The van der Waals surface area contributed by atoms with E-state index >= 15 is 0 Å². The lowest BCUT2D eigenvalue weighted by Crippen LogP contribution is -2.08. The number of rotatable bonds is 4. The zero-order chi connectivity index (χ0) is 12.0. The van der Waals surface area contributed by atoms with E-state index in [-0.39, 0.29) is 5.91 Å². The van der Waals surface area contributed by atoms with Gasteiger partial charge in [0.15, 0.2) is 0 Å². The number of hydrogen-bond acceptors (Lipinski definition) is 2. The molecule has 0 aliphatic rings. The topological polar surface area (TPSA) is 38.3 Å². The Morgan fingerprint density at radius 1 is 1.62 bits per heavy atom. The Hall–Kier alpha value is -1.36. The van der Waals surface area contributed by atoms with Gasteiger partial charge in [0, 0.05) is 11.8 Å². The molecule has 0 aliphatic heterocycles. The molecule has 1 N–H and O–H groups in total. The Morgan fingerprint density at radius 3 is 3.00 bits per heavy atom. The van der Waals surface area contributed by atoms with Gasteiger partial charge in [0.2, 0.25) is 0 Å². The molecule has 5 heteroatoms. The van der Waals surface area contributed by atoms with Crippen LogP contribution < -0.4 is 5.32 Å². The molecule has 0 heterocycles. The van der Waals surface area contributed by atoms with Gasteiger partial charge in [-0.1, -0.05) is 0 Å². The summed E-state index contributed by atoms with van der Waals surface area (Å²) >= 11 is 3.03. The van der Waals surface area contributed by atoms with Gasteiger partial charge in [0.05, 0.1) is 17.3 Å². The van der Waals surface area contributed by atoms with Crippen LogP contribution in [0.2, 0.25) is 0 Å². The molecular weight excluding hydrogens is 277 g/mol. The molecule has 0 spiro atoms. The predicted molar refractivity (Wildman–Crippen MR) is 63.5 cm³/mol. The molecule has 1 rings (SSSR count).